The van der Waals surface area contributed by atoms with Crippen molar-refractivity contribution in [2.24, 2.45) is 0 Å². The normalized spacial score (nSPS) is 9.93. The predicted octanol–water partition coefficient (Wildman–Crippen LogP) is 1.52. The van der Waals surface area contributed by atoms with Crippen molar-refractivity contribution in [1.82, 2.24) is 9.97 Å². The van der Waals surface area contributed by atoms with Crippen LogP contribution in [0.3, 0.4) is 0 Å². The smallest absolute Gasteiger partial charge is 0.340 e. The molecule has 0 aromatic carbocycles. The van der Waals surface area contributed by atoms with Gasteiger partial charge in [0.2, 0.25) is 0 Å². The van der Waals surface area contributed by atoms with Crippen molar-refractivity contribution in [3.8, 4) is 11.4 Å². The molecule has 0 amide bonds. The number of pyridine rings is 1. The third-order valence-corrected chi connectivity index (χ3v) is 1.89. The highest BCUT2D eigenvalue weighted by molar-refractivity contribution is 5.95. The first-order valence-electron chi connectivity index (χ1n) is 4.25. The maximum Gasteiger partial charge on any atom is 0.340 e. The Morgan fingerprint density at radius 1 is 1.47 bits per heavy atom. The van der Waals surface area contributed by atoms with Crippen LogP contribution in [-0.2, 0) is 4.74 Å². The van der Waals surface area contributed by atoms with E-state index < -0.39 is 5.97 Å². The maximum absolute atomic E-state index is 11.4. The monoisotopic (exact) mass is 204 g/mol. The van der Waals surface area contributed by atoms with Gasteiger partial charge in [-0.25, -0.2) is 9.78 Å². The SMILES string of the molecule is COC(=O)c1cccnc1-c1cocn1. The van der Waals surface area contributed by atoms with Crippen LogP contribution in [0.15, 0.2) is 35.4 Å². The summed E-state index contributed by atoms with van der Waals surface area (Å²) in [7, 11) is 1.32. The number of hydrogen-bond acceptors (Lipinski definition) is 5. The summed E-state index contributed by atoms with van der Waals surface area (Å²) in [5.74, 6) is -0.443. The lowest BCUT2D eigenvalue weighted by molar-refractivity contribution is 0.0601. The number of rotatable bonds is 2. The van der Waals surface area contributed by atoms with Crippen molar-refractivity contribution in [3.63, 3.8) is 0 Å². The van der Waals surface area contributed by atoms with E-state index in [1.54, 1.807) is 18.3 Å². The minimum absolute atomic E-state index is 0.369. The van der Waals surface area contributed by atoms with Gasteiger partial charge in [0.15, 0.2) is 6.39 Å². The lowest BCUT2D eigenvalue weighted by Gasteiger charge is -2.02. The molecule has 0 spiro atoms. The second-order valence-corrected chi connectivity index (χ2v) is 2.76. The van der Waals surface area contributed by atoms with Crippen molar-refractivity contribution in [2.45, 2.75) is 0 Å². The summed E-state index contributed by atoms with van der Waals surface area (Å²) in [4.78, 5) is 19.4. The van der Waals surface area contributed by atoms with Crippen LogP contribution < -0.4 is 0 Å². The van der Waals surface area contributed by atoms with Crippen molar-refractivity contribution in [2.75, 3.05) is 7.11 Å². The largest absolute Gasteiger partial charge is 0.465 e. The summed E-state index contributed by atoms with van der Waals surface area (Å²) in [5, 5.41) is 0. The average molecular weight is 204 g/mol. The van der Waals surface area contributed by atoms with Crippen LogP contribution in [0, 0.1) is 0 Å². The highest BCUT2D eigenvalue weighted by atomic mass is 16.5. The molecule has 0 unspecified atom stereocenters. The van der Waals surface area contributed by atoms with E-state index in [-0.39, 0.29) is 0 Å². The molecule has 0 saturated heterocycles. The van der Waals surface area contributed by atoms with Crippen LogP contribution in [0.25, 0.3) is 11.4 Å². The summed E-state index contributed by atoms with van der Waals surface area (Å²) >= 11 is 0. The lowest BCUT2D eigenvalue weighted by Crippen LogP contribution is -2.04. The Kier molecular flexibility index (Phi) is 2.45. The minimum Gasteiger partial charge on any atom is -0.465 e. The Balaban J connectivity index is 2.52. The quantitative estimate of drug-likeness (QED) is 0.694. The molecule has 0 aliphatic rings. The molecule has 0 aliphatic heterocycles. The Hall–Kier alpha value is -2.17. The highest BCUT2D eigenvalue weighted by Crippen LogP contribution is 2.19. The van der Waals surface area contributed by atoms with Gasteiger partial charge in [0.25, 0.3) is 0 Å². The molecule has 5 nitrogen and oxygen atoms in total. The molecule has 0 radical (unpaired) electrons. The second kappa shape index (κ2) is 3.91. The molecule has 5 heteroatoms. The van der Waals surface area contributed by atoms with Gasteiger partial charge in [-0.3, -0.25) is 4.98 Å². The molecule has 0 aliphatic carbocycles. The van der Waals surface area contributed by atoms with E-state index in [1.165, 1.54) is 19.8 Å². The van der Waals surface area contributed by atoms with Crippen molar-refractivity contribution in [1.29, 1.82) is 0 Å². The van der Waals surface area contributed by atoms with E-state index in [2.05, 4.69) is 14.7 Å². The molecular weight excluding hydrogens is 196 g/mol. The second-order valence-electron chi connectivity index (χ2n) is 2.76. The fourth-order valence-electron chi connectivity index (χ4n) is 1.21. The van der Waals surface area contributed by atoms with E-state index in [1.807, 2.05) is 0 Å². The van der Waals surface area contributed by atoms with Crippen LogP contribution in [0.4, 0.5) is 0 Å². The molecule has 0 atom stereocenters. The number of nitrogens with zero attached hydrogens (tertiary/aromatic N) is 2. The molecule has 2 heterocycles. The Morgan fingerprint density at radius 2 is 2.33 bits per heavy atom. The van der Waals surface area contributed by atoms with Gasteiger partial charge in [0, 0.05) is 6.20 Å². The maximum atomic E-state index is 11.4. The predicted molar refractivity (Wildman–Crippen MR) is 51.1 cm³/mol. The first-order valence-corrected chi connectivity index (χ1v) is 4.25. The number of ether oxygens (including phenoxy) is 1. The zero-order valence-electron chi connectivity index (χ0n) is 8.01. The van der Waals surface area contributed by atoms with E-state index in [4.69, 9.17) is 4.42 Å². The Labute approximate surface area is 85.7 Å². The number of carbonyl (C=O) groups is 1. The van der Waals surface area contributed by atoms with Crippen LogP contribution in [0.2, 0.25) is 0 Å². The van der Waals surface area contributed by atoms with Crippen molar-refractivity contribution in [3.05, 3.63) is 36.5 Å². The molecule has 2 rings (SSSR count). The van der Waals surface area contributed by atoms with Gasteiger partial charge in [-0.2, -0.15) is 0 Å². The average Bonchev–Trinajstić information content (AvgIpc) is 2.81. The van der Waals surface area contributed by atoms with Crippen LogP contribution >= 0.6 is 0 Å². The van der Waals surface area contributed by atoms with Gasteiger partial charge in [-0.1, -0.05) is 0 Å². The molecule has 2 aromatic heterocycles. The van der Waals surface area contributed by atoms with Gasteiger partial charge >= 0.3 is 5.97 Å². The van der Waals surface area contributed by atoms with Gasteiger partial charge in [-0.05, 0) is 12.1 Å². The first-order chi connectivity index (χ1) is 7.33. The number of oxazole rings is 1. The summed E-state index contributed by atoms with van der Waals surface area (Å²) < 4.78 is 9.47. The third-order valence-electron chi connectivity index (χ3n) is 1.89. The highest BCUT2D eigenvalue weighted by Gasteiger charge is 2.15. The standard InChI is InChI=1S/C10H8N2O3/c1-14-10(13)7-3-2-4-11-9(7)8-5-15-6-12-8/h2-6H,1H3. The number of hydrogen-bond donors (Lipinski definition) is 0. The van der Waals surface area contributed by atoms with Gasteiger partial charge in [0.05, 0.1) is 12.7 Å². The van der Waals surface area contributed by atoms with Crippen LogP contribution in [0.1, 0.15) is 10.4 Å². The molecule has 0 fully saturated rings. The van der Waals surface area contributed by atoms with E-state index in [0.717, 1.165) is 0 Å². The number of aromatic nitrogens is 2. The van der Waals surface area contributed by atoms with Gasteiger partial charge in [-0.15, -0.1) is 0 Å². The molecule has 0 saturated carbocycles. The van der Waals surface area contributed by atoms with E-state index in [0.29, 0.717) is 17.0 Å². The molecule has 15 heavy (non-hydrogen) atoms. The van der Waals surface area contributed by atoms with Gasteiger partial charge in [0.1, 0.15) is 17.7 Å². The Bertz CT molecular complexity index is 465. The van der Waals surface area contributed by atoms with Gasteiger partial charge < -0.3 is 9.15 Å². The molecule has 0 bridgehead atoms. The van der Waals surface area contributed by atoms with E-state index >= 15 is 0 Å². The first kappa shape index (κ1) is 9.39. The number of carbonyl (C=O) groups excluding carboxylic acids is 1. The lowest BCUT2D eigenvalue weighted by atomic mass is 10.1. The fraction of sp³-hybridized carbons (Fsp3) is 0.100. The minimum atomic E-state index is -0.443. The summed E-state index contributed by atoms with van der Waals surface area (Å²) in [6, 6.07) is 3.29. The summed E-state index contributed by atoms with van der Waals surface area (Å²) in [6.07, 6.45) is 4.29. The number of esters is 1. The zero-order chi connectivity index (χ0) is 10.7. The molecule has 0 N–H and O–H groups in total. The van der Waals surface area contributed by atoms with Crippen molar-refractivity contribution >= 4 is 5.97 Å². The van der Waals surface area contributed by atoms with E-state index in [9.17, 15) is 4.79 Å². The molecule has 76 valence electrons. The fourth-order valence-corrected chi connectivity index (χ4v) is 1.21. The number of methoxy groups -OCH3 is 1. The summed E-state index contributed by atoms with van der Waals surface area (Å²) in [5.41, 5.74) is 1.34. The van der Waals surface area contributed by atoms with Crippen LogP contribution in [0.5, 0.6) is 0 Å². The third kappa shape index (κ3) is 1.71. The van der Waals surface area contributed by atoms with Crippen molar-refractivity contribution < 1.29 is 13.9 Å². The topological polar surface area (TPSA) is 65.2 Å². The summed E-state index contributed by atoms with van der Waals surface area (Å²) in [6.45, 7) is 0. The zero-order valence-corrected chi connectivity index (χ0v) is 8.01. The Morgan fingerprint density at radius 3 is 3.00 bits per heavy atom. The molecular formula is C10H8N2O3. The van der Waals surface area contributed by atoms with Crippen LogP contribution in [-0.4, -0.2) is 23.0 Å². The molecule has 2 aromatic rings.